The Morgan fingerprint density at radius 1 is 1.37 bits per heavy atom. The summed E-state index contributed by atoms with van der Waals surface area (Å²) in [6.45, 7) is 3.94. The van der Waals surface area contributed by atoms with Gasteiger partial charge in [-0.25, -0.2) is 4.98 Å². The third-order valence-corrected chi connectivity index (χ3v) is 4.34. The quantitative estimate of drug-likeness (QED) is 0.665. The fourth-order valence-electron chi connectivity index (χ4n) is 2.09. The van der Waals surface area contributed by atoms with Crippen LogP contribution in [-0.4, -0.2) is 15.7 Å². The van der Waals surface area contributed by atoms with Crippen molar-refractivity contribution >= 4 is 34.2 Å². The highest BCUT2D eigenvalue weighted by molar-refractivity contribution is 7.17. The second kappa shape index (κ2) is 4.47. The Kier molecular flexibility index (Phi) is 2.92. The number of imidazole rings is 1. The maximum atomic E-state index is 11.4. The molecule has 0 saturated carbocycles. The number of nitrogens with zero attached hydrogens (tertiary/aromatic N) is 2. The molecule has 3 aromatic rings. The van der Waals surface area contributed by atoms with Gasteiger partial charge in [0.2, 0.25) is 0 Å². The van der Waals surface area contributed by atoms with Crippen molar-refractivity contribution in [2.75, 3.05) is 0 Å². The number of carbonyl (C=O) groups is 1. The molecular formula is C14H11ClN2OS. The second-order valence-corrected chi connectivity index (χ2v) is 6.04. The second-order valence-electron chi connectivity index (χ2n) is 4.42. The van der Waals surface area contributed by atoms with Gasteiger partial charge in [-0.2, -0.15) is 0 Å². The number of carbonyl (C=O) groups excluding carboxylic acids is 1. The van der Waals surface area contributed by atoms with E-state index in [-0.39, 0.29) is 0 Å². The summed E-state index contributed by atoms with van der Waals surface area (Å²) in [5.41, 5.74) is 3.18. The van der Waals surface area contributed by atoms with Crippen LogP contribution >= 0.6 is 22.9 Å². The Bertz CT molecular complexity index is 788. The average molecular weight is 291 g/mol. The monoisotopic (exact) mass is 290 g/mol. The molecule has 0 spiro atoms. The molecule has 0 aliphatic heterocycles. The van der Waals surface area contributed by atoms with Gasteiger partial charge < -0.3 is 0 Å². The molecule has 0 bridgehead atoms. The maximum absolute atomic E-state index is 11.4. The van der Waals surface area contributed by atoms with E-state index < -0.39 is 0 Å². The first-order valence-corrected chi connectivity index (χ1v) is 7.00. The number of hydrogen-bond donors (Lipinski definition) is 0. The topological polar surface area (TPSA) is 34.4 Å². The van der Waals surface area contributed by atoms with Crippen LogP contribution in [0.1, 0.15) is 20.9 Å². The van der Waals surface area contributed by atoms with E-state index >= 15 is 0 Å². The Morgan fingerprint density at radius 2 is 2.16 bits per heavy atom. The molecule has 3 nitrogen and oxygen atoms in total. The lowest BCUT2D eigenvalue weighted by molar-refractivity contribution is 0.111. The third-order valence-electron chi connectivity index (χ3n) is 3.02. The van der Waals surface area contributed by atoms with Crippen molar-refractivity contribution in [1.82, 2.24) is 9.38 Å². The van der Waals surface area contributed by atoms with Gasteiger partial charge in [0.25, 0.3) is 0 Å². The van der Waals surface area contributed by atoms with Gasteiger partial charge in [-0.15, -0.1) is 11.3 Å². The molecule has 5 heteroatoms. The minimum Gasteiger partial charge on any atom is -0.296 e. The van der Waals surface area contributed by atoms with Crippen molar-refractivity contribution in [3.05, 3.63) is 45.6 Å². The van der Waals surface area contributed by atoms with Gasteiger partial charge in [-0.05, 0) is 31.5 Å². The molecule has 0 atom stereocenters. The normalized spacial score (nSPS) is 11.1. The minimum atomic E-state index is 0.584. The van der Waals surface area contributed by atoms with Gasteiger partial charge in [0.1, 0.15) is 11.4 Å². The summed E-state index contributed by atoms with van der Waals surface area (Å²) in [6.07, 6.45) is 2.79. The molecule has 0 aliphatic carbocycles. The summed E-state index contributed by atoms with van der Waals surface area (Å²) in [5, 5.41) is 0.716. The highest BCUT2D eigenvalue weighted by atomic mass is 35.5. The van der Waals surface area contributed by atoms with E-state index in [9.17, 15) is 4.79 Å². The molecule has 19 heavy (non-hydrogen) atoms. The van der Waals surface area contributed by atoms with Gasteiger partial charge in [0.15, 0.2) is 11.2 Å². The van der Waals surface area contributed by atoms with Crippen molar-refractivity contribution in [3.63, 3.8) is 0 Å². The molecule has 0 N–H and O–H groups in total. The van der Waals surface area contributed by atoms with E-state index in [4.69, 9.17) is 11.6 Å². The van der Waals surface area contributed by atoms with Gasteiger partial charge in [0, 0.05) is 21.7 Å². The van der Waals surface area contributed by atoms with Crippen LogP contribution in [0.2, 0.25) is 5.02 Å². The zero-order valence-corrected chi connectivity index (χ0v) is 12.0. The van der Waals surface area contributed by atoms with E-state index in [2.05, 4.69) is 4.98 Å². The van der Waals surface area contributed by atoms with E-state index in [0.717, 1.165) is 27.3 Å². The Morgan fingerprint density at radius 3 is 2.84 bits per heavy atom. The molecule has 0 fully saturated rings. The maximum Gasteiger partial charge on any atom is 0.195 e. The van der Waals surface area contributed by atoms with Crippen LogP contribution < -0.4 is 0 Å². The third kappa shape index (κ3) is 1.97. The van der Waals surface area contributed by atoms with E-state index in [1.165, 1.54) is 0 Å². The standard InChI is InChI=1S/C14H11ClN2OS/c1-8-5-10(3-4-11(8)15)13-12(7-18)17-6-9(2)19-14(17)16-13/h3-7H,1-2H3. The summed E-state index contributed by atoms with van der Waals surface area (Å²) in [7, 11) is 0. The van der Waals surface area contributed by atoms with Crippen molar-refractivity contribution in [2.45, 2.75) is 13.8 Å². The van der Waals surface area contributed by atoms with E-state index in [1.54, 1.807) is 11.3 Å². The Hall–Kier alpha value is -1.65. The fourth-order valence-corrected chi connectivity index (χ4v) is 3.04. The summed E-state index contributed by atoms with van der Waals surface area (Å²) in [5.74, 6) is 0. The molecule has 96 valence electrons. The Labute approximate surface area is 119 Å². The number of rotatable bonds is 2. The van der Waals surface area contributed by atoms with Crippen LogP contribution in [0.3, 0.4) is 0 Å². The number of thiazole rings is 1. The van der Waals surface area contributed by atoms with Crippen LogP contribution in [0.5, 0.6) is 0 Å². The highest BCUT2D eigenvalue weighted by Gasteiger charge is 2.15. The number of hydrogen-bond acceptors (Lipinski definition) is 3. The zero-order valence-electron chi connectivity index (χ0n) is 10.5. The lowest BCUT2D eigenvalue weighted by Gasteiger charge is -2.02. The molecule has 0 radical (unpaired) electrons. The largest absolute Gasteiger partial charge is 0.296 e. The number of halogens is 1. The van der Waals surface area contributed by atoms with Crippen molar-refractivity contribution in [3.8, 4) is 11.3 Å². The zero-order chi connectivity index (χ0) is 13.6. The fraction of sp³-hybridized carbons (Fsp3) is 0.143. The molecule has 0 aliphatic rings. The number of aldehydes is 1. The van der Waals surface area contributed by atoms with E-state index in [0.29, 0.717) is 16.4 Å². The highest BCUT2D eigenvalue weighted by Crippen LogP contribution is 2.29. The predicted molar refractivity (Wildman–Crippen MR) is 78.4 cm³/mol. The van der Waals surface area contributed by atoms with Gasteiger partial charge >= 0.3 is 0 Å². The summed E-state index contributed by atoms with van der Waals surface area (Å²) in [4.78, 5) is 17.9. The SMILES string of the molecule is Cc1cn2c(C=O)c(-c3ccc(Cl)c(C)c3)nc2s1. The first kappa shape index (κ1) is 12.4. The van der Waals surface area contributed by atoms with Crippen LogP contribution in [-0.2, 0) is 0 Å². The molecule has 0 unspecified atom stereocenters. The lowest BCUT2D eigenvalue weighted by Crippen LogP contribution is -1.91. The minimum absolute atomic E-state index is 0.584. The van der Waals surface area contributed by atoms with Gasteiger partial charge in [-0.3, -0.25) is 9.20 Å². The molecule has 2 heterocycles. The van der Waals surface area contributed by atoms with Gasteiger partial charge in [0.05, 0.1) is 0 Å². The van der Waals surface area contributed by atoms with Crippen LogP contribution in [0.15, 0.2) is 24.4 Å². The predicted octanol–water partition coefficient (Wildman–Crippen LogP) is 4.15. The van der Waals surface area contributed by atoms with Crippen LogP contribution in [0.25, 0.3) is 16.2 Å². The van der Waals surface area contributed by atoms with Crippen molar-refractivity contribution in [2.24, 2.45) is 0 Å². The van der Waals surface area contributed by atoms with Crippen LogP contribution in [0, 0.1) is 13.8 Å². The van der Waals surface area contributed by atoms with Crippen LogP contribution in [0.4, 0.5) is 0 Å². The summed E-state index contributed by atoms with van der Waals surface area (Å²) in [6, 6.07) is 5.68. The number of fused-ring (bicyclic) bond motifs is 1. The van der Waals surface area contributed by atoms with Crippen molar-refractivity contribution < 1.29 is 4.79 Å². The van der Waals surface area contributed by atoms with Gasteiger partial charge in [-0.1, -0.05) is 17.7 Å². The number of aryl methyl sites for hydroxylation is 2. The average Bonchev–Trinajstić information content (AvgIpc) is 2.88. The molecule has 0 amide bonds. The van der Waals surface area contributed by atoms with Crippen molar-refractivity contribution in [1.29, 1.82) is 0 Å². The first-order valence-electron chi connectivity index (χ1n) is 5.80. The molecule has 1 aromatic carbocycles. The summed E-state index contributed by atoms with van der Waals surface area (Å²) < 4.78 is 1.84. The lowest BCUT2D eigenvalue weighted by atomic mass is 10.1. The molecule has 3 rings (SSSR count). The number of aromatic nitrogens is 2. The summed E-state index contributed by atoms with van der Waals surface area (Å²) >= 11 is 7.60. The Balaban J connectivity index is 2.26. The first-order chi connectivity index (χ1) is 9.10. The molecular weight excluding hydrogens is 280 g/mol. The van der Waals surface area contributed by atoms with E-state index in [1.807, 2.05) is 42.6 Å². The smallest absolute Gasteiger partial charge is 0.195 e. The molecule has 2 aromatic heterocycles. The number of benzene rings is 1. The molecule has 0 saturated heterocycles.